The first-order valence-electron chi connectivity index (χ1n) is 8.59. The van der Waals surface area contributed by atoms with Gasteiger partial charge in [0.05, 0.1) is 22.5 Å². The smallest absolute Gasteiger partial charge is 0.261 e. The van der Waals surface area contributed by atoms with Crippen LogP contribution in [-0.4, -0.2) is 38.9 Å². The number of amides is 3. The SMILES string of the molecule is O=C(CCN1C(=O)c2ccccc2C1=O)Nc1cc(Cl)ccc1-n1cccn1. The number of hydrogen-bond acceptors (Lipinski definition) is 4. The third kappa shape index (κ3) is 3.27. The fourth-order valence-electron chi connectivity index (χ4n) is 3.09. The molecular weight excluding hydrogens is 380 g/mol. The fraction of sp³-hybridized carbons (Fsp3) is 0.100. The molecule has 1 aliphatic rings. The average molecular weight is 395 g/mol. The zero-order valence-electron chi connectivity index (χ0n) is 14.6. The zero-order valence-corrected chi connectivity index (χ0v) is 15.4. The fourth-order valence-corrected chi connectivity index (χ4v) is 3.26. The van der Waals surface area contributed by atoms with Gasteiger partial charge in [0.1, 0.15) is 0 Å². The maximum Gasteiger partial charge on any atom is 0.261 e. The molecule has 1 aromatic heterocycles. The molecule has 0 saturated heterocycles. The molecule has 7 nitrogen and oxygen atoms in total. The number of aromatic nitrogens is 2. The number of nitrogens with zero attached hydrogens (tertiary/aromatic N) is 3. The molecule has 0 atom stereocenters. The Morgan fingerprint density at radius 2 is 1.75 bits per heavy atom. The molecule has 0 radical (unpaired) electrons. The van der Waals surface area contributed by atoms with E-state index in [1.54, 1.807) is 65.6 Å². The molecule has 28 heavy (non-hydrogen) atoms. The predicted octanol–water partition coefficient (Wildman–Crippen LogP) is 3.15. The van der Waals surface area contributed by atoms with Crippen molar-refractivity contribution in [3.05, 3.63) is 77.1 Å². The number of carbonyl (C=O) groups excluding carboxylic acids is 3. The van der Waals surface area contributed by atoms with Gasteiger partial charge in [-0.25, -0.2) is 4.68 Å². The van der Waals surface area contributed by atoms with E-state index in [2.05, 4.69) is 10.4 Å². The van der Waals surface area contributed by atoms with Crippen molar-refractivity contribution >= 4 is 35.0 Å². The Hall–Kier alpha value is -3.45. The second-order valence-electron chi connectivity index (χ2n) is 6.22. The maximum atomic E-state index is 12.5. The number of hydrogen-bond donors (Lipinski definition) is 1. The van der Waals surface area contributed by atoms with Crippen LogP contribution in [0, 0.1) is 0 Å². The summed E-state index contributed by atoms with van der Waals surface area (Å²) < 4.78 is 1.61. The molecule has 0 bridgehead atoms. The number of anilines is 1. The molecule has 0 spiro atoms. The first-order chi connectivity index (χ1) is 13.5. The highest BCUT2D eigenvalue weighted by Gasteiger charge is 2.34. The predicted molar refractivity (Wildman–Crippen MR) is 104 cm³/mol. The van der Waals surface area contributed by atoms with Crippen LogP contribution in [0.15, 0.2) is 60.9 Å². The first kappa shape index (κ1) is 17.9. The van der Waals surface area contributed by atoms with Crippen LogP contribution >= 0.6 is 11.6 Å². The van der Waals surface area contributed by atoms with Gasteiger partial charge < -0.3 is 5.32 Å². The molecule has 1 aliphatic heterocycles. The van der Waals surface area contributed by atoms with E-state index >= 15 is 0 Å². The molecule has 4 rings (SSSR count). The molecule has 3 aromatic rings. The van der Waals surface area contributed by atoms with Gasteiger partial charge in [0.15, 0.2) is 0 Å². The van der Waals surface area contributed by atoms with Crippen LogP contribution in [0.1, 0.15) is 27.1 Å². The normalized spacial score (nSPS) is 13.0. The third-order valence-electron chi connectivity index (χ3n) is 4.42. The molecule has 8 heteroatoms. The molecule has 0 saturated carbocycles. The Morgan fingerprint density at radius 3 is 2.39 bits per heavy atom. The number of imide groups is 1. The van der Waals surface area contributed by atoms with Crippen molar-refractivity contribution in [1.29, 1.82) is 0 Å². The minimum atomic E-state index is -0.381. The van der Waals surface area contributed by atoms with E-state index in [-0.39, 0.29) is 30.7 Å². The Bertz CT molecular complexity index is 1040. The van der Waals surface area contributed by atoms with E-state index in [1.807, 2.05) is 0 Å². The van der Waals surface area contributed by atoms with Gasteiger partial charge in [0.25, 0.3) is 11.8 Å². The van der Waals surface area contributed by atoms with E-state index < -0.39 is 0 Å². The third-order valence-corrected chi connectivity index (χ3v) is 4.66. The van der Waals surface area contributed by atoms with E-state index in [4.69, 9.17) is 11.6 Å². The minimum absolute atomic E-state index is 0.00412. The van der Waals surface area contributed by atoms with Crippen LogP contribution in [0.3, 0.4) is 0 Å². The topological polar surface area (TPSA) is 84.3 Å². The van der Waals surface area contributed by atoms with Crippen LogP contribution in [0.2, 0.25) is 5.02 Å². The van der Waals surface area contributed by atoms with Crippen LogP contribution in [-0.2, 0) is 4.79 Å². The molecule has 2 aromatic carbocycles. The van der Waals surface area contributed by atoms with Gasteiger partial charge in [0.2, 0.25) is 5.91 Å². The minimum Gasteiger partial charge on any atom is -0.324 e. The lowest BCUT2D eigenvalue weighted by Crippen LogP contribution is -2.33. The average Bonchev–Trinajstić information content (AvgIpc) is 3.29. The van der Waals surface area contributed by atoms with Gasteiger partial charge in [-0.05, 0) is 36.4 Å². The molecule has 0 unspecified atom stereocenters. The second kappa shape index (κ2) is 7.28. The van der Waals surface area contributed by atoms with Crippen molar-refractivity contribution in [2.45, 2.75) is 6.42 Å². The molecule has 140 valence electrons. The van der Waals surface area contributed by atoms with Gasteiger partial charge in [-0.2, -0.15) is 5.10 Å². The van der Waals surface area contributed by atoms with Gasteiger partial charge in [-0.3, -0.25) is 19.3 Å². The van der Waals surface area contributed by atoms with E-state index in [0.717, 1.165) is 4.90 Å². The lowest BCUT2D eigenvalue weighted by molar-refractivity contribution is -0.116. The van der Waals surface area contributed by atoms with Crippen LogP contribution in [0.5, 0.6) is 0 Å². The molecule has 0 fully saturated rings. The highest BCUT2D eigenvalue weighted by molar-refractivity contribution is 6.31. The Kier molecular flexibility index (Phi) is 4.67. The number of fused-ring (bicyclic) bond motifs is 1. The largest absolute Gasteiger partial charge is 0.324 e. The van der Waals surface area contributed by atoms with Gasteiger partial charge >= 0.3 is 0 Å². The zero-order chi connectivity index (χ0) is 19.7. The van der Waals surface area contributed by atoms with Crippen molar-refractivity contribution in [3.63, 3.8) is 0 Å². The number of nitrogens with one attached hydrogen (secondary N) is 1. The Labute approximate surface area is 165 Å². The Balaban J connectivity index is 1.46. The van der Waals surface area contributed by atoms with E-state index in [1.165, 1.54) is 0 Å². The van der Waals surface area contributed by atoms with Gasteiger partial charge in [-0.1, -0.05) is 23.7 Å². The summed E-state index contributed by atoms with van der Waals surface area (Å²) >= 11 is 6.05. The number of halogens is 1. The summed E-state index contributed by atoms with van der Waals surface area (Å²) in [6.45, 7) is -0.00412. The summed E-state index contributed by atoms with van der Waals surface area (Å²) in [7, 11) is 0. The summed E-state index contributed by atoms with van der Waals surface area (Å²) in [6.07, 6.45) is 3.34. The molecule has 0 aliphatic carbocycles. The summed E-state index contributed by atoms with van der Waals surface area (Å²) in [5, 5.41) is 7.41. The summed E-state index contributed by atoms with van der Waals surface area (Å²) in [5.74, 6) is -1.10. The Morgan fingerprint density at radius 1 is 1.04 bits per heavy atom. The summed E-state index contributed by atoms with van der Waals surface area (Å²) in [6, 6.07) is 13.5. The number of carbonyl (C=O) groups is 3. The van der Waals surface area contributed by atoms with Crippen molar-refractivity contribution in [2.75, 3.05) is 11.9 Å². The van der Waals surface area contributed by atoms with E-state index in [0.29, 0.717) is 27.5 Å². The summed E-state index contributed by atoms with van der Waals surface area (Å²) in [4.78, 5) is 38.3. The van der Waals surface area contributed by atoms with Gasteiger partial charge in [0, 0.05) is 30.4 Å². The summed E-state index contributed by atoms with van der Waals surface area (Å²) in [5.41, 5.74) is 1.87. The molecule has 3 amide bonds. The number of rotatable bonds is 5. The van der Waals surface area contributed by atoms with Crippen LogP contribution in [0.4, 0.5) is 5.69 Å². The monoisotopic (exact) mass is 394 g/mol. The first-order valence-corrected chi connectivity index (χ1v) is 8.97. The lowest BCUT2D eigenvalue weighted by Gasteiger charge is -2.15. The van der Waals surface area contributed by atoms with Gasteiger partial charge in [-0.15, -0.1) is 0 Å². The quantitative estimate of drug-likeness (QED) is 0.674. The van der Waals surface area contributed by atoms with E-state index in [9.17, 15) is 14.4 Å². The van der Waals surface area contributed by atoms with Crippen molar-refractivity contribution in [3.8, 4) is 5.69 Å². The second-order valence-corrected chi connectivity index (χ2v) is 6.65. The van der Waals surface area contributed by atoms with Crippen LogP contribution in [0.25, 0.3) is 5.69 Å². The molecular formula is C20H15ClN4O3. The lowest BCUT2D eigenvalue weighted by atomic mass is 10.1. The highest BCUT2D eigenvalue weighted by Crippen LogP contribution is 2.25. The number of benzene rings is 2. The maximum absolute atomic E-state index is 12.5. The molecule has 2 heterocycles. The standard InChI is InChI=1S/C20H15ClN4O3/c21-13-6-7-17(25-10-3-9-22-25)16(12-13)23-18(26)8-11-24-19(27)14-4-1-2-5-15(14)20(24)28/h1-7,9-10,12H,8,11H2,(H,23,26). The van der Waals surface area contributed by atoms with Crippen molar-refractivity contribution < 1.29 is 14.4 Å². The molecule has 1 N–H and O–H groups in total. The van der Waals surface area contributed by atoms with Crippen molar-refractivity contribution in [2.24, 2.45) is 0 Å². The highest BCUT2D eigenvalue weighted by atomic mass is 35.5. The van der Waals surface area contributed by atoms with Crippen molar-refractivity contribution in [1.82, 2.24) is 14.7 Å². The van der Waals surface area contributed by atoms with Crippen LogP contribution < -0.4 is 5.32 Å².